The highest BCUT2D eigenvalue weighted by atomic mass is 32.2. The van der Waals surface area contributed by atoms with E-state index in [2.05, 4.69) is 4.72 Å². The Kier molecular flexibility index (Phi) is 7.12. The second kappa shape index (κ2) is 9.59. The minimum absolute atomic E-state index is 0.0819. The SMILES string of the molecule is COCCNS(=O)(=O)c1ccc(C)c(C(=O)N2CCC(c3ccc(OC)cc3)C2)c1. The van der Waals surface area contributed by atoms with Gasteiger partial charge in [0.2, 0.25) is 10.0 Å². The number of amides is 1. The number of benzene rings is 2. The number of carbonyl (C=O) groups is 1. The molecule has 1 N–H and O–H groups in total. The summed E-state index contributed by atoms with van der Waals surface area (Å²) in [5.74, 6) is 0.915. The number of nitrogens with zero attached hydrogens (tertiary/aromatic N) is 1. The van der Waals surface area contributed by atoms with Crippen molar-refractivity contribution >= 4 is 15.9 Å². The number of ether oxygens (including phenoxy) is 2. The molecule has 30 heavy (non-hydrogen) atoms. The molecule has 2 aromatic carbocycles. The van der Waals surface area contributed by atoms with Crippen molar-refractivity contribution in [3.8, 4) is 5.75 Å². The van der Waals surface area contributed by atoms with Gasteiger partial charge < -0.3 is 14.4 Å². The van der Waals surface area contributed by atoms with Crippen LogP contribution in [-0.4, -0.2) is 59.7 Å². The highest BCUT2D eigenvalue weighted by molar-refractivity contribution is 7.89. The van der Waals surface area contributed by atoms with E-state index in [1.165, 1.54) is 24.8 Å². The third-order valence-electron chi connectivity index (χ3n) is 5.41. The third-order valence-corrected chi connectivity index (χ3v) is 6.87. The molecule has 0 bridgehead atoms. The van der Waals surface area contributed by atoms with E-state index in [1.54, 1.807) is 18.1 Å². The van der Waals surface area contributed by atoms with Crippen molar-refractivity contribution in [3.63, 3.8) is 0 Å². The minimum atomic E-state index is -3.70. The molecule has 0 saturated carbocycles. The van der Waals surface area contributed by atoms with E-state index in [9.17, 15) is 13.2 Å². The molecule has 1 heterocycles. The topological polar surface area (TPSA) is 84.9 Å². The number of aryl methyl sites for hydroxylation is 1. The minimum Gasteiger partial charge on any atom is -0.497 e. The highest BCUT2D eigenvalue weighted by Crippen LogP contribution is 2.30. The molecular weight excluding hydrogens is 404 g/mol. The summed E-state index contributed by atoms with van der Waals surface area (Å²) >= 11 is 0. The van der Waals surface area contributed by atoms with Gasteiger partial charge in [-0.05, 0) is 48.7 Å². The lowest BCUT2D eigenvalue weighted by Crippen LogP contribution is -2.30. The first-order chi connectivity index (χ1) is 14.4. The fourth-order valence-corrected chi connectivity index (χ4v) is 4.66. The lowest BCUT2D eigenvalue weighted by atomic mass is 9.98. The Morgan fingerprint density at radius 1 is 1.17 bits per heavy atom. The van der Waals surface area contributed by atoms with Crippen LogP contribution in [-0.2, 0) is 14.8 Å². The molecule has 0 aliphatic carbocycles. The van der Waals surface area contributed by atoms with Crippen molar-refractivity contribution in [2.24, 2.45) is 0 Å². The van der Waals surface area contributed by atoms with Gasteiger partial charge in [-0.15, -0.1) is 0 Å². The Labute approximate surface area is 178 Å². The van der Waals surface area contributed by atoms with Crippen LogP contribution in [0.2, 0.25) is 0 Å². The first kappa shape index (κ1) is 22.3. The maximum atomic E-state index is 13.2. The Hall–Kier alpha value is -2.42. The molecule has 1 atom stereocenters. The van der Waals surface area contributed by atoms with E-state index in [0.29, 0.717) is 18.7 Å². The molecule has 1 fully saturated rings. The molecule has 3 rings (SSSR count). The van der Waals surface area contributed by atoms with Crippen molar-refractivity contribution in [2.45, 2.75) is 24.2 Å². The van der Waals surface area contributed by atoms with Gasteiger partial charge in [-0.1, -0.05) is 18.2 Å². The molecule has 8 heteroatoms. The maximum absolute atomic E-state index is 13.2. The van der Waals surface area contributed by atoms with Crippen LogP contribution in [0.25, 0.3) is 0 Å². The number of likely N-dealkylation sites (tertiary alicyclic amines) is 1. The van der Waals surface area contributed by atoms with Crippen LogP contribution >= 0.6 is 0 Å². The molecule has 162 valence electrons. The molecule has 2 aromatic rings. The monoisotopic (exact) mass is 432 g/mol. The molecule has 1 saturated heterocycles. The third kappa shape index (κ3) is 5.00. The lowest BCUT2D eigenvalue weighted by molar-refractivity contribution is 0.0790. The van der Waals surface area contributed by atoms with Crippen LogP contribution in [0, 0.1) is 6.92 Å². The zero-order valence-corrected chi connectivity index (χ0v) is 18.4. The fourth-order valence-electron chi connectivity index (χ4n) is 3.62. The van der Waals surface area contributed by atoms with Gasteiger partial charge in [0, 0.05) is 38.2 Å². The largest absolute Gasteiger partial charge is 0.497 e. The Bertz CT molecular complexity index is 989. The summed E-state index contributed by atoms with van der Waals surface area (Å²) in [4.78, 5) is 15.0. The van der Waals surface area contributed by atoms with Gasteiger partial charge in [0.15, 0.2) is 0 Å². The van der Waals surface area contributed by atoms with Crippen LogP contribution in [0.3, 0.4) is 0 Å². The molecule has 0 spiro atoms. The highest BCUT2D eigenvalue weighted by Gasteiger charge is 2.29. The van der Waals surface area contributed by atoms with Crippen molar-refractivity contribution in [2.75, 3.05) is 40.5 Å². The number of methoxy groups -OCH3 is 2. The summed E-state index contributed by atoms with van der Waals surface area (Å²) in [5.41, 5.74) is 2.34. The quantitative estimate of drug-likeness (QED) is 0.648. The predicted octanol–water partition coefficient (Wildman–Crippen LogP) is 2.56. The van der Waals surface area contributed by atoms with Crippen molar-refractivity contribution in [1.29, 1.82) is 0 Å². The van der Waals surface area contributed by atoms with Crippen LogP contribution in [0.15, 0.2) is 47.4 Å². The molecule has 1 amide bonds. The van der Waals surface area contributed by atoms with Gasteiger partial charge in [-0.25, -0.2) is 13.1 Å². The van der Waals surface area contributed by atoms with E-state index < -0.39 is 10.0 Å². The Morgan fingerprint density at radius 2 is 1.90 bits per heavy atom. The molecular formula is C22H28N2O5S. The summed E-state index contributed by atoms with van der Waals surface area (Å²) in [6.07, 6.45) is 0.869. The second-order valence-electron chi connectivity index (χ2n) is 7.38. The van der Waals surface area contributed by atoms with Gasteiger partial charge in [-0.3, -0.25) is 4.79 Å². The predicted molar refractivity (Wildman–Crippen MR) is 114 cm³/mol. The molecule has 1 aliphatic rings. The van der Waals surface area contributed by atoms with E-state index in [1.807, 2.05) is 31.2 Å². The zero-order valence-electron chi connectivity index (χ0n) is 17.6. The number of sulfonamides is 1. The van der Waals surface area contributed by atoms with Crippen LogP contribution < -0.4 is 9.46 Å². The molecule has 0 aromatic heterocycles. The van der Waals surface area contributed by atoms with Crippen molar-refractivity contribution in [1.82, 2.24) is 9.62 Å². The number of rotatable bonds is 8. The number of carbonyl (C=O) groups excluding carboxylic acids is 1. The van der Waals surface area contributed by atoms with Gasteiger partial charge in [0.1, 0.15) is 5.75 Å². The van der Waals surface area contributed by atoms with Crippen LogP contribution in [0.4, 0.5) is 0 Å². The fraction of sp³-hybridized carbons (Fsp3) is 0.409. The Balaban J connectivity index is 1.75. The van der Waals surface area contributed by atoms with Crippen LogP contribution in [0.1, 0.15) is 33.8 Å². The smallest absolute Gasteiger partial charge is 0.254 e. The van der Waals surface area contributed by atoms with E-state index in [4.69, 9.17) is 9.47 Å². The standard InChI is InChI=1S/C22H28N2O5S/c1-16-4-9-20(30(26,27)23-11-13-28-2)14-21(16)22(25)24-12-10-18(15-24)17-5-7-19(29-3)8-6-17/h4-9,14,18,23H,10-13,15H2,1-3H3. The summed E-state index contributed by atoms with van der Waals surface area (Å²) in [7, 11) is -0.562. The summed E-state index contributed by atoms with van der Waals surface area (Å²) in [6, 6.07) is 12.6. The molecule has 7 nitrogen and oxygen atoms in total. The molecule has 1 unspecified atom stereocenters. The normalized spacial score (nSPS) is 16.6. The second-order valence-corrected chi connectivity index (χ2v) is 9.14. The van der Waals surface area contributed by atoms with Crippen molar-refractivity contribution in [3.05, 3.63) is 59.2 Å². The number of hydrogen-bond acceptors (Lipinski definition) is 5. The number of hydrogen-bond donors (Lipinski definition) is 1. The van der Waals surface area contributed by atoms with Gasteiger partial charge in [-0.2, -0.15) is 0 Å². The first-order valence-electron chi connectivity index (χ1n) is 9.88. The summed E-state index contributed by atoms with van der Waals surface area (Å²) < 4.78 is 37.6. The number of nitrogens with one attached hydrogen (secondary N) is 1. The van der Waals surface area contributed by atoms with E-state index >= 15 is 0 Å². The summed E-state index contributed by atoms with van der Waals surface area (Å²) in [6.45, 7) is 3.51. The molecule has 1 aliphatic heterocycles. The maximum Gasteiger partial charge on any atom is 0.254 e. The zero-order chi connectivity index (χ0) is 21.7. The van der Waals surface area contributed by atoms with E-state index in [-0.39, 0.29) is 29.9 Å². The average Bonchev–Trinajstić information content (AvgIpc) is 3.24. The van der Waals surface area contributed by atoms with Gasteiger partial charge in [0.05, 0.1) is 18.6 Å². The Morgan fingerprint density at radius 3 is 2.57 bits per heavy atom. The van der Waals surface area contributed by atoms with E-state index in [0.717, 1.165) is 17.7 Å². The van der Waals surface area contributed by atoms with Gasteiger partial charge >= 0.3 is 0 Å². The first-order valence-corrected chi connectivity index (χ1v) is 11.4. The lowest BCUT2D eigenvalue weighted by Gasteiger charge is -2.19. The van der Waals surface area contributed by atoms with Crippen LogP contribution in [0.5, 0.6) is 5.75 Å². The summed E-state index contributed by atoms with van der Waals surface area (Å²) in [5, 5.41) is 0. The van der Waals surface area contributed by atoms with Crippen molar-refractivity contribution < 1.29 is 22.7 Å². The molecule has 0 radical (unpaired) electrons. The average molecular weight is 433 g/mol. The van der Waals surface area contributed by atoms with Gasteiger partial charge in [0.25, 0.3) is 5.91 Å².